The van der Waals surface area contributed by atoms with E-state index in [1.54, 1.807) is 0 Å². The van der Waals surface area contributed by atoms with Gasteiger partial charge >= 0.3 is 0 Å². The van der Waals surface area contributed by atoms with Crippen molar-refractivity contribution >= 4 is 88.9 Å². The number of hydrogen-bond acceptors (Lipinski definition) is 14. The third-order valence-electron chi connectivity index (χ3n) is 20.4. The van der Waals surface area contributed by atoms with Crippen molar-refractivity contribution in [1.29, 1.82) is 0 Å². The van der Waals surface area contributed by atoms with E-state index in [2.05, 4.69) is 288 Å². The van der Waals surface area contributed by atoms with Crippen molar-refractivity contribution in [2.75, 3.05) is 0 Å². The van der Waals surface area contributed by atoms with Crippen molar-refractivity contribution in [2.24, 2.45) is 0 Å². The van der Waals surface area contributed by atoms with E-state index in [1.807, 2.05) is 84.9 Å². The van der Waals surface area contributed by atoms with Crippen molar-refractivity contribution in [2.45, 2.75) is 0 Å². The summed E-state index contributed by atoms with van der Waals surface area (Å²) in [6, 6.07) is 125. The molecule has 6 aromatic heterocycles. The molecule has 12 nitrogen and oxygen atoms in total. The predicted octanol–water partition coefficient (Wildman–Crippen LogP) is 24.8. The zero-order valence-electron chi connectivity index (χ0n) is 59.8. The topological polar surface area (TPSA) is 155 Å². The number of nitrogens with zero attached hydrogens (tertiary/aromatic N) is 12. The molecule has 0 aliphatic heterocycles. The summed E-state index contributed by atoms with van der Waals surface area (Å²) in [5, 5.41) is 6.40. The summed E-state index contributed by atoms with van der Waals surface area (Å²) in [6.07, 6.45) is 0. The van der Waals surface area contributed by atoms with Crippen LogP contribution < -0.4 is 0 Å². The zero-order chi connectivity index (χ0) is 74.3. The summed E-state index contributed by atoms with van der Waals surface area (Å²) in [5.74, 6) is 3.72. The molecule has 112 heavy (non-hydrogen) atoms. The van der Waals surface area contributed by atoms with E-state index in [1.165, 1.54) is 23.5 Å². The smallest absolute Gasteiger partial charge is 0.164 e. The van der Waals surface area contributed by atoms with Gasteiger partial charge in [0, 0.05) is 76.8 Å². The molecule has 15 aromatic carbocycles. The molecule has 21 aromatic rings. The summed E-state index contributed by atoms with van der Waals surface area (Å²) in [6.45, 7) is 0. The van der Waals surface area contributed by atoms with Gasteiger partial charge in [-0.05, 0) is 98.1 Å². The molecule has 21 rings (SSSR count). The van der Waals surface area contributed by atoms with Crippen LogP contribution in [0.25, 0.3) is 212 Å². The van der Waals surface area contributed by atoms with Crippen molar-refractivity contribution in [3.8, 4) is 146 Å². The first-order chi connectivity index (χ1) is 55.5. The van der Waals surface area contributed by atoms with Crippen molar-refractivity contribution in [3.63, 3.8) is 0 Å². The van der Waals surface area contributed by atoms with Gasteiger partial charge in [0.1, 0.15) is 22.1 Å². The van der Waals surface area contributed by atoms with Gasteiger partial charge in [-0.15, -0.1) is 0 Å². The Morgan fingerprint density at radius 3 is 0.750 bits per heavy atom. The minimum Gasteiger partial charge on any atom is -0.247 e. The number of benzene rings is 15. The van der Waals surface area contributed by atoms with Gasteiger partial charge in [0.05, 0.1) is 45.9 Å². The molecule has 524 valence electrons. The third kappa shape index (κ3) is 13.0. The van der Waals surface area contributed by atoms with E-state index < -0.39 is 0 Å². The second kappa shape index (κ2) is 29.1. The lowest BCUT2D eigenvalue weighted by atomic mass is 9.96. The maximum absolute atomic E-state index is 5.27. The molecule has 0 unspecified atom stereocenters. The fourth-order valence-electron chi connectivity index (χ4n) is 14.8. The van der Waals surface area contributed by atoms with Crippen molar-refractivity contribution < 1.29 is 0 Å². The molecule has 0 saturated heterocycles. The van der Waals surface area contributed by atoms with Crippen LogP contribution >= 0.6 is 23.5 Å². The highest BCUT2D eigenvalue weighted by Gasteiger charge is 2.21. The maximum atomic E-state index is 5.27. The Bertz CT molecular complexity index is 6960. The molecule has 0 atom stereocenters. The summed E-state index contributed by atoms with van der Waals surface area (Å²) >= 11 is 2.48. The summed E-state index contributed by atoms with van der Waals surface area (Å²) in [4.78, 5) is 40.6. The van der Waals surface area contributed by atoms with E-state index in [4.69, 9.17) is 48.6 Å². The Morgan fingerprint density at radius 1 is 0.152 bits per heavy atom. The first-order valence-corrected chi connectivity index (χ1v) is 38.3. The van der Waals surface area contributed by atoms with Gasteiger partial charge in [-0.2, -0.15) is 17.5 Å². The van der Waals surface area contributed by atoms with Gasteiger partial charge < -0.3 is 0 Å². The molecule has 0 bridgehead atoms. The second-order valence-corrected chi connectivity index (χ2v) is 28.4. The zero-order valence-corrected chi connectivity index (χ0v) is 61.5. The van der Waals surface area contributed by atoms with Crippen LogP contribution in [-0.4, -0.2) is 57.4 Å². The SMILES string of the molecule is c1ccc(-c2ccc(-c3nc(-c4ccc(-c5ccccc5)cc4)nc(-c4ccc(-c5ccc6c(c5)nc(-c5ccccc5)c5ccc7nsnc7c56)cc4)n3)cc2)cc1.c1ccc(-c2cccc(-c3nc(-c4ccccc4)nc(-c4ccc(-c5ccc6c(c5)nc(-c5ccccc5)c5ccc7nsnc7c56)cc4)n3)c2)cc1. The summed E-state index contributed by atoms with van der Waals surface area (Å²) < 4.78 is 18.5. The van der Waals surface area contributed by atoms with E-state index in [9.17, 15) is 0 Å². The Balaban J connectivity index is 0.000000147. The van der Waals surface area contributed by atoms with E-state index in [-0.39, 0.29) is 0 Å². The van der Waals surface area contributed by atoms with Crippen LogP contribution in [0, 0.1) is 0 Å². The first-order valence-electron chi connectivity index (χ1n) is 36.8. The highest BCUT2D eigenvalue weighted by atomic mass is 32.1. The molecular formula is C98H60N12S2. The summed E-state index contributed by atoms with van der Waals surface area (Å²) in [7, 11) is 0. The predicted molar refractivity (Wildman–Crippen MR) is 458 cm³/mol. The van der Waals surface area contributed by atoms with Gasteiger partial charge in [-0.3, -0.25) is 0 Å². The largest absolute Gasteiger partial charge is 0.247 e. The van der Waals surface area contributed by atoms with Crippen LogP contribution in [0.15, 0.2) is 364 Å². The molecule has 0 amide bonds. The van der Waals surface area contributed by atoms with Crippen LogP contribution in [-0.2, 0) is 0 Å². The van der Waals surface area contributed by atoms with E-state index in [0.717, 1.165) is 177 Å². The molecular weight excluding hydrogens is 1410 g/mol. The fourth-order valence-corrected chi connectivity index (χ4v) is 15.8. The minimum absolute atomic E-state index is 0.607. The molecule has 6 heterocycles. The fraction of sp³-hybridized carbons (Fsp3) is 0. The standard InChI is InChI=1S/C52H32N6S.C46H28N6S/c1-4-10-33(11-5-1)35-16-22-39(23-17-35)50-54-51(40-24-18-36(19-25-40)34-12-6-2-7-13-34)56-52(55-50)41-26-20-37(21-27-41)42-28-29-43-46(32-42)53-48(38-14-8-3-9-15-38)44-30-31-45-49(47(43)44)58-59-57-45;1-4-11-29(12-5-1)34-17-10-18-36(27-34)46-49-44(32-15-8-3-9-16-32)48-45(50-46)33-21-19-30(20-22-33)35-23-24-37-40(28-35)47-42(31-13-6-2-7-14-31)38-25-26-39-43(41(37)38)52-53-51-39/h1-32H;1-28H. The number of hydrogen-bond donors (Lipinski definition) is 0. The summed E-state index contributed by atoms with van der Waals surface area (Å²) in [5.41, 5.74) is 26.0. The van der Waals surface area contributed by atoms with Crippen molar-refractivity contribution in [1.82, 2.24) is 57.4 Å². The second-order valence-electron chi connectivity index (χ2n) is 27.3. The third-order valence-corrected chi connectivity index (χ3v) is 21.5. The molecule has 0 fully saturated rings. The van der Waals surface area contributed by atoms with Crippen LogP contribution in [0.5, 0.6) is 0 Å². The van der Waals surface area contributed by atoms with Gasteiger partial charge in [0.25, 0.3) is 0 Å². The van der Waals surface area contributed by atoms with Crippen LogP contribution in [0.3, 0.4) is 0 Å². The highest BCUT2D eigenvalue weighted by molar-refractivity contribution is 7.00. The van der Waals surface area contributed by atoms with Gasteiger partial charge in [0.15, 0.2) is 34.9 Å². The maximum Gasteiger partial charge on any atom is 0.164 e. The Hall–Kier alpha value is -14.7. The Kier molecular flexibility index (Phi) is 17.3. The van der Waals surface area contributed by atoms with Crippen LogP contribution in [0.4, 0.5) is 0 Å². The number of rotatable bonds is 13. The average molecular weight is 1470 g/mol. The monoisotopic (exact) mass is 1470 g/mol. The van der Waals surface area contributed by atoms with E-state index in [0.29, 0.717) is 34.9 Å². The highest BCUT2D eigenvalue weighted by Crippen LogP contribution is 2.42. The Labute approximate surface area is 652 Å². The first kappa shape index (κ1) is 66.7. The average Bonchev–Trinajstić information content (AvgIpc) is 1.34. The normalized spacial score (nSPS) is 11.4. The number of aromatic nitrogens is 12. The Morgan fingerprint density at radius 2 is 0.393 bits per heavy atom. The lowest BCUT2D eigenvalue weighted by Gasteiger charge is -2.12. The van der Waals surface area contributed by atoms with Gasteiger partial charge in [-0.25, -0.2) is 39.9 Å². The van der Waals surface area contributed by atoms with Crippen molar-refractivity contribution in [3.05, 3.63) is 364 Å². The molecule has 0 spiro atoms. The molecule has 0 aliphatic rings. The molecule has 0 saturated carbocycles. The molecule has 0 N–H and O–H groups in total. The van der Waals surface area contributed by atoms with Gasteiger partial charge in [0.2, 0.25) is 0 Å². The minimum atomic E-state index is 0.607. The number of fused-ring (bicyclic) bond motifs is 10. The van der Waals surface area contributed by atoms with Crippen LogP contribution in [0.1, 0.15) is 0 Å². The van der Waals surface area contributed by atoms with E-state index >= 15 is 0 Å². The molecule has 14 heteroatoms. The number of pyridine rings is 2. The quantitative estimate of drug-likeness (QED) is 0.101. The molecule has 0 radical (unpaired) electrons. The molecule has 0 aliphatic carbocycles. The van der Waals surface area contributed by atoms with Gasteiger partial charge in [-0.1, -0.05) is 322 Å². The lowest BCUT2D eigenvalue weighted by Crippen LogP contribution is -2.00. The lowest BCUT2D eigenvalue weighted by molar-refractivity contribution is 1.07. The van der Waals surface area contributed by atoms with Crippen LogP contribution in [0.2, 0.25) is 0 Å².